The molecule has 0 spiro atoms. The second-order valence-electron chi connectivity index (χ2n) is 7.22. The van der Waals surface area contributed by atoms with Crippen molar-refractivity contribution in [2.45, 2.75) is 19.1 Å². The number of hydrogen-bond donors (Lipinski definition) is 4. The third kappa shape index (κ3) is 4.45. The first-order chi connectivity index (χ1) is 14.0. The number of halogens is 1. The van der Waals surface area contributed by atoms with E-state index in [-0.39, 0.29) is 18.5 Å². The van der Waals surface area contributed by atoms with Crippen LogP contribution in [-0.2, 0) is 11.3 Å². The minimum atomic E-state index is -0.322. The van der Waals surface area contributed by atoms with Crippen molar-refractivity contribution in [2.24, 2.45) is 5.92 Å². The zero-order valence-corrected chi connectivity index (χ0v) is 16.7. The maximum Gasteiger partial charge on any atom is 0.297 e. The molecule has 0 radical (unpaired) electrons. The number of β-amino-alcohol motifs (C(OH)–C–C–N with tert-alkyl or cyclic N) is 1. The SMILES string of the molecule is COCc1cc(Cl)cc(O)c1-c1ccc2oc(NC[C@H]3CNC[C@@H](O)C3)nc2n1. The summed E-state index contributed by atoms with van der Waals surface area (Å²) in [4.78, 5) is 8.96. The zero-order valence-electron chi connectivity index (χ0n) is 16.0. The van der Waals surface area contributed by atoms with Gasteiger partial charge in [-0.1, -0.05) is 11.6 Å². The lowest BCUT2D eigenvalue weighted by atomic mass is 9.98. The number of fused-ring (bicyclic) bond motifs is 1. The Labute approximate surface area is 172 Å². The molecule has 1 saturated heterocycles. The average molecular weight is 419 g/mol. The van der Waals surface area contributed by atoms with E-state index in [0.717, 1.165) is 18.5 Å². The number of rotatable bonds is 6. The molecule has 1 aliphatic heterocycles. The fourth-order valence-electron chi connectivity index (χ4n) is 3.64. The highest BCUT2D eigenvalue weighted by atomic mass is 35.5. The van der Waals surface area contributed by atoms with Crippen LogP contribution in [0.5, 0.6) is 5.75 Å². The van der Waals surface area contributed by atoms with E-state index >= 15 is 0 Å². The third-order valence-electron chi connectivity index (χ3n) is 4.93. The maximum absolute atomic E-state index is 10.4. The van der Waals surface area contributed by atoms with Crippen LogP contribution in [0.25, 0.3) is 22.5 Å². The van der Waals surface area contributed by atoms with E-state index in [0.29, 0.717) is 52.5 Å². The summed E-state index contributed by atoms with van der Waals surface area (Å²) in [5.74, 6) is 0.321. The van der Waals surface area contributed by atoms with Gasteiger partial charge < -0.3 is 30.0 Å². The van der Waals surface area contributed by atoms with Crippen molar-refractivity contribution in [1.29, 1.82) is 0 Å². The first-order valence-corrected chi connectivity index (χ1v) is 9.82. The summed E-state index contributed by atoms with van der Waals surface area (Å²) in [5.41, 5.74) is 2.81. The standard InChI is InChI=1S/C20H23ClN4O4/c1-28-10-12-5-13(21)6-16(27)18(12)15-2-3-17-19(24-15)25-20(29-17)23-8-11-4-14(26)9-22-7-11/h2-3,5-6,11,14,22,26-27H,4,7-10H2,1H3,(H,23,24,25)/t11-,14+/m1/s1. The summed E-state index contributed by atoms with van der Waals surface area (Å²) in [6.45, 7) is 2.40. The van der Waals surface area contributed by atoms with Crippen LogP contribution in [0.3, 0.4) is 0 Å². The second kappa shape index (κ2) is 8.54. The third-order valence-corrected chi connectivity index (χ3v) is 5.15. The van der Waals surface area contributed by atoms with Crippen LogP contribution in [0.4, 0.5) is 6.01 Å². The van der Waals surface area contributed by atoms with E-state index in [2.05, 4.69) is 20.6 Å². The smallest absolute Gasteiger partial charge is 0.297 e. The molecule has 29 heavy (non-hydrogen) atoms. The quantitative estimate of drug-likeness (QED) is 0.483. The molecule has 8 nitrogen and oxygen atoms in total. The number of aliphatic hydroxyl groups is 1. The molecule has 0 amide bonds. The molecule has 1 fully saturated rings. The number of oxazole rings is 1. The predicted molar refractivity (Wildman–Crippen MR) is 110 cm³/mol. The van der Waals surface area contributed by atoms with Crippen LogP contribution in [0, 0.1) is 5.92 Å². The van der Waals surface area contributed by atoms with Crippen LogP contribution in [-0.4, -0.2) is 53.0 Å². The molecule has 4 N–H and O–H groups in total. The van der Waals surface area contributed by atoms with Gasteiger partial charge in [-0.3, -0.25) is 0 Å². The van der Waals surface area contributed by atoms with Gasteiger partial charge >= 0.3 is 0 Å². The number of pyridine rings is 1. The molecular formula is C20H23ClN4O4. The molecule has 0 bridgehead atoms. The summed E-state index contributed by atoms with van der Waals surface area (Å²) in [6.07, 6.45) is 0.414. The molecule has 1 aromatic carbocycles. The summed E-state index contributed by atoms with van der Waals surface area (Å²) < 4.78 is 11.0. The van der Waals surface area contributed by atoms with Crippen molar-refractivity contribution in [2.75, 3.05) is 32.1 Å². The number of piperidine rings is 1. The monoisotopic (exact) mass is 418 g/mol. The number of nitrogens with zero attached hydrogens (tertiary/aromatic N) is 2. The van der Waals surface area contributed by atoms with Gasteiger partial charge in [-0.05, 0) is 48.7 Å². The lowest BCUT2D eigenvalue weighted by Crippen LogP contribution is -2.41. The minimum Gasteiger partial charge on any atom is -0.507 e. The number of aromatic hydroxyl groups is 1. The van der Waals surface area contributed by atoms with Gasteiger partial charge in [0.15, 0.2) is 5.58 Å². The number of ether oxygens (including phenoxy) is 1. The van der Waals surface area contributed by atoms with Gasteiger partial charge in [0.05, 0.1) is 18.4 Å². The fourth-order valence-corrected chi connectivity index (χ4v) is 3.87. The number of phenolic OH excluding ortho intramolecular Hbond substituents is 1. The van der Waals surface area contributed by atoms with Gasteiger partial charge in [0, 0.05) is 30.8 Å². The molecule has 3 aromatic rings. The number of benzene rings is 1. The number of aliphatic hydroxyl groups excluding tert-OH is 1. The van der Waals surface area contributed by atoms with Gasteiger partial charge in [0.2, 0.25) is 5.65 Å². The van der Waals surface area contributed by atoms with Crippen LogP contribution in [0.15, 0.2) is 28.7 Å². The van der Waals surface area contributed by atoms with Gasteiger partial charge in [0.25, 0.3) is 6.01 Å². The Bertz CT molecular complexity index is 1010. The van der Waals surface area contributed by atoms with E-state index in [9.17, 15) is 10.2 Å². The van der Waals surface area contributed by atoms with Crippen molar-refractivity contribution in [3.8, 4) is 17.0 Å². The molecule has 154 valence electrons. The topological polar surface area (TPSA) is 113 Å². The first kappa shape index (κ1) is 19.9. The largest absolute Gasteiger partial charge is 0.507 e. The van der Waals surface area contributed by atoms with E-state index in [1.807, 2.05) is 0 Å². The van der Waals surface area contributed by atoms with Crippen LogP contribution in [0.2, 0.25) is 5.02 Å². The number of phenols is 1. The van der Waals surface area contributed by atoms with Crippen LogP contribution in [0.1, 0.15) is 12.0 Å². The number of methoxy groups -OCH3 is 1. The lowest BCUT2D eigenvalue weighted by Gasteiger charge is -2.26. The zero-order chi connectivity index (χ0) is 20.4. The Morgan fingerprint density at radius 3 is 2.97 bits per heavy atom. The molecule has 0 saturated carbocycles. The van der Waals surface area contributed by atoms with Crippen molar-refractivity contribution in [1.82, 2.24) is 15.3 Å². The summed E-state index contributed by atoms with van der Waals surface area (Å²) in [7, 11) is 1.58. The molecule has 1 aliphatic rings. The molecule has 0 aliphatic carbocycles. The fraction of sp³-hybridized carbons (Fsp3) is 0.400. The number of nitrogens with one attached hydrogen (secondary N) is 2. The van der Waals surface area contributed by atoms with Crippen molar-refractivity contribution in [3.05, 3.63) is 34.9 Å². The predicted octanol–water partition coefficient (Wildman–Crippen LogP) is 2.78. The summed E-state index contributed by atoms with van der Waals surface area (Å²) in [5, 5.41) is 27.0. The number of aromatic nitrogens is 2. The van der Waals surface area contributed by atoms with Crippen LogP contribution < -0.4 is 10.6 Å². The second-order valence-corrected chi connectivity index (χ2v) is 7.66. The highest BCUT2D eigenvalue weighted by molar-refractivity contribution is 6.31. The van der Waals surface area contributed by atoms with Crippen molar-refractivity contribution < 1.29 is 19.4 Å². The molecule has 0 unspecified atom stereocenters. The Kier molecular flexibility index (Phi) is 5.86. The molecule has 4 rings (SSSR count). The van der Waals surface area contributed by atoms with Gasteiger partial charge in [0.1, 0.15) is 5.75 Å². The van der Waals surface area contributed by atoms with E-state index in [4.69, 9.17) is 20.8 Å². The van der Waals surface area contributed by atoms with Crippen molar-refractivity contribution in [3.63, 3.8) is 0 Å². The Hall–Kier alpha value is -2.39. The first-order valence-electron chi connectivity index (χ1n) is 9.44. The summed E-state index contributed by atoms with van der Waals surface area (Å²) in [6, 6.07) is 7.13. The molecule has 2 atom stereocenters. The molecule has 9 heteroatoms. The van der Waals surface area contributed by atoms with E-state index in [1.54, 1.807) is 25.3 Å². The van der Waals surface area contributed by atoms with Crippen molar-refractivity contribution >= 4 is 28.8 Å². The lowest BCUT2D eigenvalue weighted by molar-refractivity contribution is 0.117. The Morgan fingerprint density at radius 1 is 1.31 bits per heavy atom. The number of hydrogen-bond acceptors (Lipinski definition) is 8. The summed E-state index contributed by atoms with van der Waals surface area (Å²) >= 11 is 6.06. The molecular weight excluding hydrogens is 396 g/mol. The Morgan fingerprint density at radius 2 is 2.17 bits per heavy atom. The van der Waals surface area contributed by atoms with Crippen LogP contribution >= 0.6 is 11.6 Å². The minimum absolute atomic E-state index is 0.0293. The maximum atomic E-state index is 10.4. The van der Waals surface area contributed by atoms with Gasteiger partial charge in [-0.15, -0.1) is 0 Å². The normalized spacial score (nSPS) is 19.6. The highest BCUT2D eigenvalue weighted by Crippen LogP contribution is 2.36. The highest BCUT2D eigenvalue weighted by Gasteiger charge is 2.20. The molecule has 2 aromatic heterocycles. The Balaban J connectivity index is 1.57. The average Bonchev–Trinajstić information content (AvgIpc) is 3.08. The van der Waals surface area contributed by atoms with Gasteiger partial charge in [-0.2, -0.15) is 4.98 Å². The van der Waals surface area contributed by atoms with E-state index in [1.165, 1.54) is 6.07 Å². The van der Waals surface area contributed by atoms with Gasteiger partial charge in [-0.25, -0.2) is 4.98 Å². The van der Waals surface area contributed by atoms with E-state index < -0.39 is 0 Å². The number of anilines is 1. The molecule has 3 heterocycles.